The largest absolute Gasteiger partial charge is 0.478 e. The molecule has 0 bridgehead atoms. The Morgan fingerprint density at radius 2 is 2.33 bits per heavy atom. The summed E-state index contributed by atoms with van der Waals surface area (Å²) >= 11 is 1.40. The van der Waals surface area contributed by atoms with Crippen LogP contribution in [0.15, 0.2) is 29.0 Å². The first kappa shape index (κ1) is 8.96. The third-order valence-electron chi connectivity index (χ3n) is 1.46. The van der Waals surface area contributed by atoms with Gasteiger partial charge in [-0.05, 0) is 22.4 Å². The summed E-state index contributed by atoms with van der Waals surface area (Å²) in [6.07, 6.45) is -1.09. The van der Waals surface area contributed by atoms with E-state index in [4.69, 9.17) is 5.11 Å². The molecule has 1 rings (SSSR count). The van der Waals surface area contributed by atoms with Crippen molar-refractivity contribution in [2.45, 2.75) is 6.10 Å². The Hall–Kier alpha value is -1.13. The SMILES string of the molecule is C=C(C(=O)O)C(O)c1ccsc1. The molecule has 4 heteroatoms. The van der Waals surface area contributed by atoms with Gasteiger partial charge in [-0.15, -0.1) is 0 Å². The zero-order valence-corrected chi connectivity index (χ0v) is 7.04. The molecule has 0 aliphatic carbocycles. The van der Waals surface area contributed by atoms with Crippen molar-refractivity contribution in [3.8, 4) is 0 Å². The van der Waals surface area contributed by atoms with E-state index in [0.29, 0.717) is 5.56 Å². The Balaban J connectivity index is 2.79. The fourth-order valence-corrected chi connectivity index (χ4v) is 1.43. The highest BCUT2D eigenvalue weighted by molar-refractivity contribution is 7.07. The van der Waals surface area contributed by atoms with Gasteiger partial charge >= 0.3 is 5.97 Å². The molecule has 1 aromatic rings. The zero-order chi connectivity index (χ0) is 9.14. The highest BCUT2D eigenvalue weighted by Crippen LogP contribution is 2.22. The Bertz CT molecular complexity index is 289. The van der Waals surface area contributed by atoms with E-state index >= 15 is 0 Å². The van der Waals surface area contributed by atoms with Crippen molar-refractivity contribution >= 4 is 17.3 Å². The standard InChI is InChI=1S/C8H8O3S/c1-5(8(10)11)7(9)6-2-3-12-4-6/h2-4,7,9H,1H2,(H,10,11). The number of hydrogen-bond acceptors (Lipinski definition) is 3. The number of aliphatic hydroxyl groups is 1. The van der Waals surface area contributed by atoms with Crippen LogP contribution in [0, 0.1) is 0 Å². The van der Waals surface area contributed by atoms with Crippen LogP contribution in [0.25, 0.3) is 0 Å². The van der Waals surface area contributed by atoms with Crippen LogP contribution in [0.5, 0.6) is 0 Å². The summed E-state index contributed by atoms with van der Waals surface area (Å²) < 4.78 is 0. The van der Waals surface area contributed by atoms with Crippen LogP contribution in [-0.4, -0.2) is 16.2 Å². The molecular weight excluding hydrogens is 176 g/mol. The maximum absolute atomic E-state index is 10.4. The van der Waals surface area contributed by atoms with Gasteiger partial charge in [-0.3, -0.25) is 0 Å². The zero-order valence-electron chi connectivity index (χ0n) is 6.23. The van der Waals surface area contributed by atoms with Crippen molar-refractivity contribution in [3.63, 3.8) is 0 Å². The second-order valence-corrected chi connectivity index (χ2v) is 3.07. The smallest absolute Gasteiger partial charge is 0.333 e. The second-order valence-electron chi connectivity index (χ2n) is 2.29. The lowest BCUT2D eigenvalue weighted by Crippen LogP contribution is -2.08. The maximum Gasteiger partial charge on any atom is 0.333 e. The highest BCUT2D eigenvalue weighted by Gasteiger charge is 2.17. The van der Waals surface area contributed by atoms with E-state index in [1.165, 1.54) is 11.3 Å². The molecule has 0 amide bonds. The van der Waals surface area contributed by atoms with Gasteiger partial charge in [0, 0.05) is 0 Å². The fourth-order valence-electron chi connectivity index (χ4n) is 0.749. The molecule has 64 valence electrons. The molecular formula is C8H8O3S. The summed E-state index contributed by atoms with van der Waals surface area (Å²) in [7, 11) is 0. The minimum Gasteiger partial charge on any atom is -0.478 e. The van der Waals surface area contributed by atoms with Crippen LogP contribution in [-0.2, 0) is 4.79 Å². The molecule has 0 spiro atoms. The number of carboxylic acids is 1. The van der Waals surface area contributed by atoms with E-state index in [-0.39, 0.29) is 5.57 Å². The molecule has 0 saturated carbocycles. The van der Waals surface area contributed by atoms with E-state index in [9.17, 15) is 9.90 Å². The van der Waals surface area contributed by atoms with Crippen molar-refractivity contribution in [2.24, 2.45) is 0 Å². The van der Waals surface area contributed by atoms with Gasteiger partial charge in [0.25, 0.3) is 0 Å². The molecule has 2 N–H and O–H groups in total. The average Bonchev–Trinajstić information content (AvgIpc) is 2.53. The lowest BCUT2D eigenvalue weighted by Gasteiger charge is -2.07. The molecule has 12 heavy (non-hydrogen) atoms. The summed E-state index contributed by atoms with van der Waals surface area (Å²) in [4.78, 5) is 10.4. The molecule has 0 fully saturated rings. The number of carbonyl (C=O) groups is 1. The lowest BCUT2D eigenvalue weighted by atomic mass is 10.1. The Morgan fingerprint density at radius 1 is 1.67 bits per heavy atom. The van der Waals surface area contributed by atoms with Crippen LogP contribution >= 0.6 is 11.3 Å². The monoisotopic (exact) mass is 184 g/mol. The molecule has 1 heterocycles. The minimum absolute atomic E-state index is 0.201. The number of hydrogen-bond donors (Lipinski definition) is 2. The fraction of sp³-hybridized carbons (Fsp3) is 0.125. The normalized spacial score (nSPS) is 12.4. The second kappa shape index (κ2) is 3.51. The molecule has 0 aliphatic heterocycles. The van der Waals surface area contributed by atoms with Crippen LogP contribution < -0.4 is 0 Å². The van der Waals surface area contributed by atoms with E-state index < -0.39 is 12.1 Å². The molecule has 1 aromatic heterocycles. The van der Waals surface area contributed by atoms with Gasteiger partial charge in [0.15, 0.2) is 0 Å². The first-order chi connectivity index (χ1) is 5.63. The Morgan fingerprint density at radius 3 is 2.75 bits per heavy atom. The van der Waals surface area contributed by atoms with Crippen LogP contribution in [0.4, 0.5) is 0 Å². The molecule has 1 atom stereocenters. The predicted octanol–water partition coefficient (Wildman–Crippen LogP) is 1.42. The molecule has 0 saturated heterocycles. The van der Waals surface area contributed by atoms with Crippen molar-refractivity contribution in [3.05, 3.63) is 34.5 Å². The van der Waals surface area contributed by atoms with Crippen LogP contribution in [0.1, 0.15) is 11.7 Å². The van der Waals surface area contributed by atoms with E-state index in [0.717, 1.165) is 0 Å². The van der Waals surface area contributed by atoms with Crippen LogP contribution in [0.3, 0.4) is 0 Å². The number of rotatable bonds is 3. The quantitative estimate of drug-likeness (QED) is 0.698. The number of aliphatic hydroxyl groups excluding tert-OH is 1. The van der Waals surface area contributed by atoms with E-state index in [2.05, 4.69) is 6.58 Å². The third kappa shape index (κ3) is 1.72. The Labute approximate surface area is 73.6 Å². The summed E-state index contributed by atoms with van der Waals surface area (Å²) in [5.41, 5.74) is 0.376. The summed E-state index contributed by atoms with van der Waals surface area (Å²) in [5.74, 6) is -1.17. The number of thiophene rings is 1. The van der Waals surface area contributed by atoms with Gasteiger partial charge in [-0.25, -0.2) is 4.79 Å². The molecule has 0 aliphatic rings. The van der Waals surface area contributed by atoms with Gasteiger partial charge in [0.05, 0.1) is 5.57 Å². The molecule has 0 radical (unpaired) electrons. The van der Waals surface area contributed by atoms with Gasteiger partial charge in [-0.2, -0.15) is 11.3 Å². The first-order valence-electron chi connectivity index (χ1n) is 3.25. The Kier molecular flexibility index (Phi) is 2.62. The van der Waals surface area contributed by atoms with E-state index in [1.54, 1.807) is 16.8 Å². The average molecular weight is 184 g/mol. The minimum atomic E-state index is -1.17. The van der Waals surface area contributed by atoms with Gasteiger partial charge in [0.1, 0.15) is 6.10 Å². The molecule has 3 nitrogen and oxygen atoms in total. The third-order valence-corrected chi connectivity index (χ3v) is 2.17. The molecule has 0 aromatic carbocycles. The summed E-state index contributed by atoms with van der Waals surface area (Å²) in [6, 6.07) is 1.67. The first-order valence-corrected chi connectivity index (χ1v) is 4.19. The van der Waals surface area contributed by atoms with Crippen molar-refractivity contribution in [1.82, 2.24) is 0 Å². The lowest BCUT2D eigenvalue weighted by molar-refractivity contribution is -0.133. The van der Waals surface area contributed by atoms with Gasteiger partial charge < -0.3 is 10.2 Å². The summed E-state index contributed by atoms with van der Waals surface area (Å²) in [6.45, 7) is 3.27. The van der Waals surface area contributed by atoms with Gasteiger partial charge in [-0.1, -0.05) is 6.58 Å². The van der Waals surface area contributed by atoms with Gasteiger partial charge in [0.2, 0.25) is 0 Å². The van der Waals surface area contributed by atoms with Crippen molar-refractivity contribution < 1.29 is 15.0 Å². The number of carboxylic acid groups (broad SMARTS) is 1. The van der Waals surface area contributed by atoms with Crippen LogP contribution in [0.2, 0.25) is 0 Å². The summed E-state index contributed by atoms with van der Waals surface area (Å²) in [5, 5.41) is 21.3. The highest BCUT2D eigenvalue weighted by atomic mass is 32.1. The van der Waals surface area contributed by atoms with Crippen molar-refractivity contribution in [2.75, 3.05) is 0 Å². The number of aliphatic carboxylic acids is 1. The predicted molar refractivity (Wildman–Crippen MR) is 46.1 cm³/mol. The maximum atomic E-state index is 10.4. The molecule has 1 unspecified atom stereocenters. The topological polar surface area (TPSA) is 57.5 Å². The van der Waals surface area contributed by atoms with Crippen molar-refractivity contribution in [1.29, 1.82) is 0 Å². The van der Waals surface area contributed by atoms with E-state index in [1.807, 2.05) is 0 Å².